The van der Waals surface area contributed by atoms with Gasteiger partial charge >= 0.3 is 0 Å². The largest absolute Gasteiger partial charge is 0.396 e. The lowest BCUT2D eigenvalue weighted by Gasteiger charge is -2.17. The van der Waals surface area contributed by atoms with Crippen LogP contribution >= 0.6 is 12.4 Å². The van der Waals surface area contributed by atoms with E-state index < -0.39 is 0 Å². The normalized spacial score (nSPS) is 12.3. The first-order valence-electron chi connectivity index (χ1n) is 7.08. The number of halogens is 1. The number of aliphatic hydroxyl groups excluding tert-OH is 1. The van der Waals surface area contributed by atoms with Gasteiger partial charge in [0, 0.05) is 12.6 Å². The number of rotatable bonds is 4. The molecule has 0 aromatic heterocycles. The first-order valence-corrected chi connectivity index (χ1v) is 7.08. The predicted molar refractivity (Wildman–Crippen MR) is 92.0 cm³/mol. The molecule has 110 valence electrons. The lowest BCUT2D eigenvalue weighted by molar-refractivity contribution is 0.280. The third-order valence-corrected chi connectivity index (χ3v) is 3.86. The number of benzene rings is 3. The molecule has 3 N–H and O–H groups in total. The molecule has 0 radical (unpaired) electrons. The van der Waals surface area contributed by atoms with E-state index in [0.29, 0.717) is 0 Å². The molecule has 21 heavy (non-hydrogen) atoms. The summed E-state index contributed by atoms with van der Waals surface area (Å²) in [6.07, 6.45) is 1.53. The molecule has 0 saturated heterocycles. The van der Waals surface area contributed by atoms with Gasteiger partial charge in [-0.05, 0) is 46.0 Å². The summed E-state index contributed by atoms with van der Waals surface area (Å²) in [6, 6.07) is 18.9. The van der Waals surface area contributed by atoms with Crippen molar-refractivity contribution in [3.05, 3.63) is 60.2 Å². The van der Waals surface area contributed by atoms with E-state index in [-0.39, 0.29) is 25.1 Å². The van der Waals surface area contributed by atoms with E-state index in [1.54, 1.807) is 0 Å². The Morgan fingerprint density at radius 2 is 1.43 bits per heavy atom. The molecule has 3 heteroatoms. The Hall–Kier alpha value is -1.61. The van der Waals surface area contributed by atoms with Gasteiger partial charge in [0.2, 0.25) is 0 Å². The Balaban J connectivity index is 0.00000161. The van der Waals surface area contributed by atoms with Crippen LogP contribution in [0.1, 0.15) is 24.4 Å². The molecule has 0 bridgehead atoms. The quantitative estimate of drug-likeness (QED) is 0.710. The summed E-state index contributed by atoms with van der Waals surface area (Å²) in [5.74, 6) is 0. The smallest absolute Gasteiger partial charge is 0.0431 e. The van der Waals surface area contributed by atoms with Crippen LogP contribution in [0.3, 0.4) is 0 Å². The molecule has 0 spiro atoms. The van der Waals surface area contributed by atoms with Crippen molar-refractivity contribution in [2.24, 2.45) is 5.73 Å². The molecule has 3 aromatic rings. The SMILES string of the molecule is Cl.N[C@@H](CCCO)c1c2ccccc2cc2ccccc12. The minimum absolute atomic E-state index is 0. The molecule has 0 unspecified atom stereocenters. The van der Waals surface area contributed by atoms with Gasteiger partial charge in [-0.25, -0.2) is 0 Å². The Kier molecular flexibility index (Phi) is 5.18. The fraction of sp³-hybridized carbons (Fsp3) is 0.222. The van der Waals surface area contributed by atoms with Crippen LogP contribution in [-0.4, -0.2) is 11.7 Å². The molecule has 0 aliphatic rings. The zero-order valence-corrected chi connectivity index (χ0v) is 12.6. The average Bonchev–Trinajstić information content (AvgIpc) is 2.50. The maximum Gasteiger partial charge on any atom is 0.0431 e. The zero-order chi connectivity index (χ0) is 13.9. The summed E-state index contributed by atoms with van der Waals surface area (Å²) in [4.78, 5) is 0. The standard InChI is InChI=1S/C18H19NO.ClH/c19-17(10-5-11-20)18-15-8-3-1-6-13(15)12-14-7-2-4-9-16(14)18;/h1-4,6-9,12,17,20H,5,10-11,19H2;1H/t17-;/m0./s1. The van der Waals surface area contributed by atoms with Crippen molar-refractivity contribution in [1.29, 1.82) is 0 Å². The molecule has 0 fully saturated rings. The van der Waals surface area contributed by atoms with Crippen LogP contribution in [0.4, 0.5) is 0 Å². The van der Waals surface area contributed by atoms with E-state index in [1.807, 2.05) is 0 Å². The molecule has 0 saturated carbocycles. The second-order valence-corrected chi connectivity index (χ2v) is 5.20. The predicted octanol–water partition coefficient (Wildman–Crippen LogP) is 4.19. The van der Waals surface area contributed by atoms with Crippen molar-refractivity contribution < 1.29 is 5.11 Å². The van der Waals surface area contributed by atoms with Crippen molar-refractivity contribution in [2.45, 2.75) is 18.9 Å². The lowest BCUT2D eigenvalue weighted by Crippen LogP contribution is -2.12. The average molecular weight is 302 g/mol. The summed E-state index contributed by atoms with van der Waals surface area (Å²) in [6.45, 7) is 0.191. The topological polar surface area (TPSA) is 46.2 Å². The summed E-state index contributed by atoms with van der Waals surface area (Å²) in [7, 11) is 0. The van der Waals surface area contributed by atoms with Crippen LogP contribution in [0.2, 0.25) is 0 Å². The minimum Gasteiger partial charge on any atom is -0.396 e. The Morgan fingerprint density at radius 3 is 1.95 bits per heavy atom. The molecule has 0 heterocycles. The first-order chi connectivity index (χ1) is 9.81. The lowest BCUT2D eigenvalue weighted by atomic mass is 9.91. The third-order valence-electron chi connectivity index (χ3n) is 3.86. The Labute approximate surface area is 131 Å². The van der Waals surface area contributed by atoms with Crippen molar-refractivity contribution >= 4 is 34.0 Å². The second-order valence-electron chi connectivity index (χ2n) is 5.20. The van der Waals surface area contributed by atoms with Gasteiger partial charge in [-0.1, -0.05) is 48.5 Å². The molecule has 0 amide bonds. The van der Waals surface area contributed by atoms with Crippen LogP contribution < -0.4 is 5.73 Å². The highest BCUT2D eigenvalue weighted by Crippen LogP contribution is 2.33. The van der Waals surface area contributed by atoms with Crippen LogP contribution in [0.15, 0.2) is 54.6 Å². The fourth-order valence-corrected chi connectivity index (χ4v) is 2.90. The molecule has 0 aliphatic carbocycles. The van der Waals surface area contributed by atoms with Crippen molar-refractivity contribution in [3.8, 4) is 0 Å². The molecule has 3 aromatic carbocycles. The number of hydrogen-bond donors (Lipinski definition) is 2. The summed E-state index contributed by atoms with van der Waals surface area (Å²) in [5, 5.41) is 13.9. The van der Waals surface area contributed by atoms with Gasteiger partial charge in [-0.15, -0.1) is 12.4 Å². The maximum atomic E-state index is 9.03. The van der Waals surface area contributed by atoms with Gasteiger partial charge < -0.3 is 10.8 Å². The van der Waals surface area contributed by atoms with Crippen LogP contribution in [0.25, 0.3) is 21.5 Å². The molecule has 0 aliphatic heterocycles. The van der Waals surface area contributed by atoms with Crippen molar-refractivity contribution in [2.75, 3.05) is 6.61 Å². The van der Waals surface area contributed by atoms with Crippen LogP contribution in [-0.2, 0) is 0 Å². The van der Waals surface area contributed by atoms with Gasteiger partial charge in [0.1, 0.15) is 0 Å². The second kappa shape index (κ2) is 6.90. The van der Waals surface area contributed by atoms with Crippen molar-refractivity contribution in [1.82, 2.24) is 0 Å². The zero-order valence-electron chi connectivity index (χ0n) is 11.8. The molecular weight excluding hydrogens is 282 g/mol. The van der Waals surface area contributed by atoms with E-state index in [2.05, 4.69) is 54.6 Å². The maximum absolute atomic E-state index is 9.03. The van der Waals surface area contributed by atoms with Gasteiger partial charge in [0.25, 0.3) is 0 Å². The Morgan fingerprint density at radius 1 is 0.905 bits per heavy atom. The minimum atomic E-state index is -0.0434. The van der Waals surface area contributed by atoms with Crippen molar-refractivity contribution in [3.63, 3.8) is 0 Å². The highest BCUT2D eigenvalue weighted by molar-refractivity contribution is 6.02. The monoisotopic (exact) mass is 301 g/mol. The van der Waals surface area contributed by atoms with Gasteiger partial charge in [0.05, 0.1) is 0 Å². The molecule has 2 nitrogen and oxygen atoms in total. The molecule has 1 atom stereocenters. The number of fused-ring (bicyclic) bond motifs is 2. The van der Waals surface area contributed by atoms with E-state index in [9.17, 15) is 0 Å². The highest BCUT2D eigenvalue weighted by Gasteiger charge is 2.13. The van der Waals surface area contributed by atoms with E-state index in [4.69, 9.17) is 10.8 Å². The first kappa shape index (κ1) is 15.8. The number of hydrogen-bond acceptors (Lipinski definition) is 2. The van der Waals surface area contributed by atoms with E-state index in [0.717, 1.165) is 12.8 Å². The highest BCUT2D eigenvalue weighted by atomic mass is 35.5. The van der Waals surface area contributed by atoms with E-state index >= 15 is 0 Å². The van der Waals surface area contributed by atoms with Gasteiger partial charge in [0.15, 0.2) is 0 Å². The fourth-order valence-electron chi connectivity index (χ4n) is 2.90. The summed E-state index contributed by atoms with van der Waals surface area (Å²) < 4.78 is 0. The van der Waals surface area contributed by atoms with Crippen LogP contribution in [0, 0.1) is 0 Å². The van der Waals surface area contributed by atoms with Gasteiger partial charge in [-0.2, -0.15) is 0 Å². The number of nitrogens with two attached hydrogens (primary N) is 1. The van der Waals surface area contributed by atoms with Crippen LogP contribution in [0.5, 0.6) is 0 Å². The number of aliphatic hydroxyl groups is 1. The molecular formula is C18H20ClNO. The van der Waals surface area contributed by atoms with Gasteiger partial charge in [-0.3, -0.25) is 0 Å². The summed E-state index contributed by atoms with van der Waals surface area (Å²) in [5.41, 5.74) is 7.60. The van der Waals surface area contributed by atoms with E-state index in [1.165, 1.54) is 27.1 Å². The molecule has 3 rings (SSSR count). The third kappa shape index (κ3) is 3.03. The summed E-state index contributed by atoms with van der Waals surface area (Å²) >= 11 is 0. The Bertz CT molecular complexity index is 687.